The number of fused-ring (bicyclic) bond motifs is 1. The van der Waals surface area contributed by atoms with Gasteiger partial charge in [0.1, 0.15) is 0 Å². The van der Waals surface area contributed by atoms with E-state index >= 15 is 0 Å². The average Bonchev–Trinajstić information content (AvgIpc) is 2.82. The first-order valence-electron chi connectivity index (χ1n) is 6.97. The minimum Gasteiger partial charge on any atom is -0.388 e. The summed E-state index contributed by atoms with van der Waals surface area (Å²) < 4.78 is 1.28. The zero-order valence-electron chi connectivity index (χ0n) is 11.1. The molecule has 1 N–H and O–H groups in total. The average molecular weight is 262 g/mol. The Balaban J connectivity index is 1.90. The molecule has 1 aromatic heterocycles. The van der Waals surface area contributed by atoms with Crippen LogP contribution in [0, 0.1) is 0 Å². The van der Waals surface area contributed by atoms with Crippen molar-refractivity contribution in [1.82, 2.24) is 0 Å². The fraction of sp³-hybridized carbons (Fsp3) is 0.500. The van der Waals surface area contributed by atoms with Crippen LogP contribution in [0.1, 0.15) is 57.1 Å². The Morgan fingerprint density at radius 2 is 1.89 bits per heavy atom. The number of hydrogen-bond acceptors (Lipinski definition) is 2. The van der Waals surface area contributed by atoms with Gasteiger partial charge >= 0.3 is 0 Å². The highest BCUT2D eigenvalue weighted by Gasteiger charge is 2.12. The number of rotatable bonds is 7. The first-order chi connectivity index (χ1) is 8.83. The molecule has 0 aliphatic rings. The van der Waals surface area contributed by atoms with E-state index in [-0.39, 0.29) is 6.10 Å². The molecule has 1 atom stereocenters. The molecule has 2 rings (SSSR count). The van der Waals surface area contributed by atoms with Crippen LogP contribution in [0.4, 0.5) is 0 Å². The number of thiophene rings is 1. The second-order valence-electron chi connectivity index (χ2n) is 4.91. The van der Waals surface area contributed by atoms with Crippen LogP contribution in [0.15, 0.2) is 29.6 Å². The SMILES string of the molecule is CCCCCCCC(O)c1csc2ccccc12. The van der Waals surface area contributed by atoms with Crippen molar-refractivity contribution in [3.05, 3.63) is 35.2 Å². The molecule has 0 amide bonds. The van der Waals surface area contributed by atoms with Gasteiger partial charge < -0.3 is 5.11 Å². The van der Waals surface area contributed by atoms with Crippen LogP contribution in [0.5, 0.6) is 0 Å². The van der Waals surface area contributed by atoms with Crippen LogP contribution >= 0.6 is 11.3 Å². The van der Waals surface area contributed by atoms with Crippen molar-refractivity contribution in [2.45, 2.75) is 51.6 Å². The third kappa shape index (κ3) is 3.33. The van der Waals surface area contributed by atoms with E-state index in [4.69, 9.17) is 0 Å². The Morgan fingerprint density at radius 3 is 2.72 bits per heavy atom. The Hall–Kier alpha value is -0.860. The molecule has 2 aromatic rings. The van der Waals surface area contributed by atoms with Crippen LogP contribution in [0.25, 0.3) is 10.1 Å². The lowest BCUT2D eigenvalue weighted by Crippen LogP contribution is -1.96. The maximum atomic E-state index is 10.3. The highest BCUT2D eigenvalue weighted by atomic mass is 32.1. The lowest BCUT2D eigenvalue weighted by atomic mass is 10.0. The summed E-state index contributed by atoms with van der Waals surface area (Å²) in [5.74, 6) is 0. The van der Waals surface area contributed by atoms with Crippen LogP contribution < -0.4 is 0 Å². The topological polar surface area (TPSA) is 20.2 Å². The van der Waals surface area contributed by atoms with Crippen molar-refractivity contribution >= 4 is 21.4 Å². The highest BCUT2D eigenvalue weighted by molar-refractivity contribution is 7.17. The molecule has 1 heterocycles. The van der Waals surface area contributed by atoms with Gasteiger partial charge in [0.25, 0.3) is 0 Å². The molecule has 0 aliphatic carbocycles. The van der Waals surface area contributed by atoms with Crippen LogP contribution in [0.2, 0.25) is 0 Å². The molecule has 1 aromatic carbocycles. The maximum Gasteiger partial charge on any atom is 0.0804 e. The molecule has 1 nitrogen and oxygen atoms in total. The van der Waals surface area contributed by atoms with E-state index in [1.165, 1.54) is 35.8 Å². The molecule has 0 saturated carbocycles. The Morgan fingerprint density at radius 1 is 1.11 bits per heavy atom. The molecular weight excluding hydrogens is 240 g/mol. The van der Waals surface area contributed by atoms with E-state index < -0.39 is 0 Å². The molecule has 0 saturated heterocycles. The maximum absolute atomic E-state index is 10.3. The van der Waals surface area contributed by atoms with Gasteiger partial charge in [-0.05, 0) is 28.8 Å². The summed E-state index contributed by atoms with van der Waals surface area (Å²) in [7, 11) is 0. The van der Waals surface area contributed by atoms with E-state index in [0.717, 1.165) is 18.4 Å². The van der Waals surface area contributed by atoms with E-state index in [1.807, 2.05) is 6.07 Å². The van der Waals surface area contributed by atoms with Crippen LogP contribution in [0.3, 0.4) is 0 Å². The van der Waals surface area contributed by atoms with Gasteiger partial charge in [-0.1, -0.05) is 57.2 Å². The zero-order chi connectivity index (χ0) is 12.8. The minimum atomic E-state index is -0.289. The van der Waals surface area contributed by atoms with E-state index in [9.17, 15) is 5.11 Å². The summed E-state index contributed by atoms with van der Waals surface area (Å²) in [6.07, 6.45) is 6.87. The smallest absolute Gasteiger partial charge is 0.0804 e. The second kappa shape index (κ2) is 6.91. The molecule has 0 radical (unpaired) electrons. The number of unbranched alkanes of at least 4 members (excludes halogenated alkanes) is 4. The standard InChI is InChI=1S/C16H22OS/c1-2-3-4-5-6-10-15(17)14-12-18-16-11-8-7-9-13(14)16/h7-9,11-12,15,17H,2-6,10H2,1H3. The summed E-state index contributed by atoms with van der Waals surface area (Å²) in [5.41, 5.74) is 1.12. The monoisotopic (exact) mass is 262 g/mol. The Labute approximate surface area is 113 Å². The summed E-state index contributed by atoms with van der Waals surface area (Å²) in [5, 5.41) is 13.6. The fourth-order valence-corrected chi connectivity index (χ4v) is 3.36. The molecule has 0 fully saturated rings. The first kappa shape index (κ1) is 13.6. The number of aliphatic hydroxyl groups excluding tert-OH is 1. The highest BCUT2D eigenvalue weighted by Crippen LogP contribution is 2.32. The van der Waals surface area contributed by atoms with Crippen LogP contribution in [-0.4, -0.2) is 5.11 Å². The van der Waals surface area contributed by atoms with Crippen molar-refractivity contribution in [2.75, 3.05) is 0 Å². The molecule has 0 aliphatic heterocycles. The molecule has 1 unspecified atom stereocenters. The van der Waals surface area contributed by atoms with E-state index in [0.29, 0.717) is 0 Å². The predicted octanol–water partition coefficient (Wildman–Crippen LogP) is 5.30. The van der Waals surface area contributed by atoms with Crippen molar-refractivity contribution in [1.29, 1.82) is 0 Å². The third-order valence-electron chi connectivity index (χ3n) is 3.45. The van der Waals surface area contributed by atoms with Gasteiger partial charge in [-0.15, -0.1) is 11.3 Å². The fourth-order valence-electron chi connectivity index (χ4n) is 2.35. The third-order valence-corrected chi connectivity index (χ3v) is 4.43. The molecule has 0 bridgehead atoms. The van der Waals surface area contributed by atoms with Gasteiger partial charge in [0.15, 0.2) is 0 Å². The zero-order valence-corrected chi connectivity index (χ0v) is 11.9. The predicted molar refractivity (Wildman–Crippen MR) is 80.2 cm³/mol. The van der Waals surface area contributed by atoms with Gasteiger partial charge in [0.05, 0.1) is 6.10 Å². The molecule has 2 heteroatoms. The van der Waals surface area contributed by atoms with Crippen molar-refractivity contribution in [3.63, 3.8) is 0 Å². The summed E-state index contributed by atoms with van der Waals surface area (Å²) in [4.78, 5) is 0. The van der Waals surface area contributed by atoms with Crippen molar-refractivity contribution in [2.24, 2.45) is 0 Å². The quantitative estimate of drug-likeness (QED) is 0.672. The van der Waals surface area contributed by atoms with Gasteiger partial charge in [-0.2, -0.15) is 0 Å². The Bertz CT molecular complexity index is 475. The Kier molecular flexibility index (Phi) is 5.21. The van der Waals surface area contributed by atoms with Gasteiger partial charge in [0.2, 0.25) is 0 Å². The number of benzene rings is 1. The van der Waals surface area contributed by atoms with Crippen molar-refractivity contribution in [3.8, 4) is 0 Å². The van der Waals surface area contributed by atoms with E-state index in [2.05, 4.69) is 30.5 Å². The first-order valence-corrected chi connectivity index (χ1v) is 7.85. The number of hydrogen-bond donors (Lipinski definition) is 1. The second-order valence-corrected chi connectivity index (χ2v) is 5.82. The summed E-state index contributed by atoms with van der Waals surface area (Å²) >= 11 is 1.73. The molecule has 0 spiro atoms. The summed E-state index contributed by atoms with van der Waals surface area (Å²) in [6, 6.07) is 8.34. The van der Waals surface area contributed by atoms with E-state index in [1.54, 1.807) is 11.3 Å². The molecular formula is C16H22OS. The largest absolute Gasteiger partial charge is 0.388 e. The van der Waals surface area contributed by atoms with Gasteiger partial charge in [0, 0.05) is 4.70 Å². The lowest BCUT2D eigenvalue weighted by Gasteiger charge is -2.09. The van der Waals surface area contributed by atoms with Crippen molar-refractivity contribution < 1.29 is 5.11 Å². The number of aliphatic hydroxyl groups is 1. The van der Waals surface area contributed by atoms with Gasteiger partial charge in [-0.25, -0.2) is 0 Å². The lowest BCUT2D eigenvalue weighted by molar-refractivity contribution is 0.165. The van der Waals surface area contributed by atoms with Gasteiger partial charge in [-0.3, -0.25) is 0 Å². The minimum absolute atomic E-state index is 0.289. The molecule has 98 valence electrons. The van der Waals surface area contributed by atoms with Crippen LogP contribution in [-0.2, 0) is 0 Å². The normalized spacial score (nSPS) is 13.0. The molecule has 18 heavy (non-hydrogen) atoms. The summed E-state index contributed by atoms with van der Waals surface area (Å²) in [6.45, 7) is 2.23.